The van der Waals surface area contributed by atoms with Crippen molar-refractivity contribution in [3.63, 3.8) is 0 Å². The zero-order valence-corrected chi connectivity index (χ0v) is 11.6. The van der Waals surface area contributed by atoms with E-state index in [1.807, 2.05) is 0 Å². The minimum Gasteiger partial charge on any atom is -0.480 e. The zero-order chi connectivity index (χ0) is 14.0. The van der Waals surface area contributed by atoms with E-state index in [1.54, 1.807) is 31.3 Å². The van der Waals surface area contributed by atoms with E-state index in [0.717, 1.165) is 11.8 Å². The van der Waals surface area contributed by atoms with Crippen LogP contribution in [0.3, 0.4) is 0 Å². The summed E-state index contributed by atoms with van der Waals surface area (Å²) >= 11 is 6.85. The van der Waals surface area contributed by atoms with Crippen LogP contribution < -0.4 is 0 Å². The van der Waals surface area contributed by atoms with Crippen LogP contribution in [0.15, 0.2) is 29.3 Å². The average molecular weight is 299 g/mol. The Bertz CT molecular complexity index is 544. The Balaban J connectivity index is 2.27. The molecule has 0 bridgehead atoms. The second kappa shape index (κ2) is 5.63. The molecule has 0 aromatic heterocycles. The lowest BCUT2D eigenvalue weighted by atomic mass is 10.3. The van der Waals surface area contributed by atoms with Crippen molar-refractivity contribution < 1.29 is 14.7 Å². The van der Waals surface area contributed by atoms with Gasteiger partial charge in [0, 0.05) is 12.1 Å². The monoisotopic (exact) mass is 298 g/mol. The van der Waals surface area contributed by atoms with Crippen molar-refractivity contribution in [2.75, 3.05) is 7.05 Å². The molecular weight excluding hydrogens is 288 g/mol. The first kappa shape index (κ1) is 13.9. The van der Waals surface area contributed by atoms with Gasteiger partial charge in [-0.25, -0.2) is 4.99 Å². The molecule has 1 heterocycles. The van der Waals surface area contributed by atoms with Crippen LogP contribution in [0.5, 0.6) is 0 Å². The van der Waals surface area contributed by atoms with Gasteiger partial charge in [-0.3, -0.25) is 14.5 Å². The van der Waals surface area contributed by atoms with Gasteiger partial charge in [0.1, 0.15) is 5.25 Å². The van der Waals surface area contributed by atoms with E-state index in [-0.39, 0.29) is 12.3 Å². The number of hydrogen-bond donors (Lipinski definition) is 1. The minimum atomic E-state index is -1.00. The van der Waals surface area contributed by atoms with Crippen molar-refractivity contribution in [2.45, 2.75) is 11.7 Å². The van der Waals surface area contributed by atoms with Gasteiger partial charge in [0.05, 0.1) is 12.1 Å². The van der Waals surface area contributed by atoms with Gasteiger partial charge in [-0.2, -0.15) is 0 Å². The molecule has 1 unspecified atom stereocenters. The maximum Gasteiger partial charge on any atom is 0.317 e. The molecule has 0 spiro atoms. The highest BCUT2D eigenvalue weighted by Crippen LogP contribution is 2.28. The molecule has 0 radical (unpaired) electrons. The SMILES string of the molecule is CN1C(=O)CC(C(=O)O)SC1=Nc1ccc(Cl)cc1. The molecule has 1 aliphatic rings. The maximum atomic E-state index is 11.7. The summed E-state index contributed by atoms with van der Waals surface area (Å²) in [6, 6.07) is 6.78. The van der Waals surface area contributed by atoms with Crippen molar-refractivity contribution in [1.82, 2.24) is 4.90 Å². The van der Waals surface area contributed by atoms with E-state index in [4.69, 9.17) is 16.7 Å². The number of halogens is 1. The lowest BCUT2D eigenvalue weighted by Gasteiger charge is -2.27. The van der Waals surface area contributed by atoms with Gasteiger partial charge in [-0.05, 0) is 24.3 Å². The number of benzene rings is 1. The summed E-state index contributed by atoms with van der Waals surface area (Å²) in [7, 11) is 1.59. The Hall–Kier alpha value is -1.53. The fraction of sp³-hybridized carbons (Fsp3) is 0.250. The van der Waals surface area contributed by atoms with Crippen LogP contribution in [-0.4, -0.2) is 39.3 Å². The highest BCUT2D eigenvalue weighted by Gasteiger charge is 2.33. The summed E-state index contributed by atoms with van der Waals surface area (Å²) in [6.07, 6.45) is -0.0177. The molecule has 2 rings (SSSR count). The van der Waals surface area contributed by atoms with Crippen LogP contribution in [-0.2, 0) is 9.59 Å². The number of thioether (sulfide) groups is 1. The van der Waals surface area contributed by atoms with Crippen molar-refractivity contribution in [2.24, 2.45) is 4.99 Å². The smallest absolute Gasteiger partial charge is 0.317 e. The third-order valence-corrected chi connectivity index (χ3v) is 4.08. The quantitative estimate of drug-likeness (QED) is 0.910. The van der Waals surface area contributed by atoms with Gasteiger partial charge in [0.25, 0.3) is 0 Å². The van der Waals surface area contributed by atoms with E-state index in [2.05, 4.69) is 4.99 Å². The Morgan fingerprint density at radius 2 is 2.11 bits per heavy atom. The molecule has 1 fully saturated rings. The third kappa shape index (κ3) is 3.27. The maximum absolute atomic E-state index is 11.7. The van der Waals surface area contributed by atoms with E-state index in [9.17, 15) is 9.59 Å². The predicted molar refractivity (Wildman–Crippen MR) is 74.9 cm³/mol. The van der Waals surface area contributed by atoms with Gasteiger partial charge >= 0.3 is 5.97 Å². The van der Waals surface area contributed by atoms with Gasteiger partial charge in [0.2, 0.25) is 5.91 Å². The molecule has 19 heavy (non-hydrogen) atoms. The molecule has 1 aromatic rings. The van der Waals surface area contributed by atoms with E-state index < -0.39 is 11.2 Å². The Kier molecular flexibility index (Phi) is 4.11. The van der Waals surface area contributed by atoms with E-state index >= 15 is 0 Å². The second-order valence-electron chi connectivity index (χ2n) is 3.97. The van der Waals surface area contributed by atoms with Gasteiger partial charge in [-0.15, -0.1) is 0 Å². The summed E-state index contributed by atoms with van der Waals surface area (Å²) in [4.78, 5) is 28.4. The summed E-state index contributed by atoms with van der Waals surface area (Å²) in [6.45, 7) is 0. The molecule has 7 heteroatoms. The first-order chi connectivity index (χ1) is 8.97. The Morgan fingerprint density at radius 3 is 2.68 bits per heavy atom. The first-order valence-electron chi connectivity index (χ1n) is 5.47. The van der Waals surface area contributed by atoms with E-state index in [0.29, 0.717) is 15.9 Å². The number of hydrogen-bond acceptors (Lipinski definition) is 4. The standard InChI is InChI=1S/C12H11ClN2O3S/c1-15-10(16)6-9(11(17)18)19-12(15)14-8-4-2-7(13)3-5-8/h2-5,9H,6H2,1H3,(H,17,18). The van der Waals surface area contributed by atoms with E-state index in [1.165, 1.54) is 4.90 Å². The lowest BCUT2D eigenvalue weighted by Crippen LogP contribution is -2.41. The van der Waals surface area contributed by atoms with Crippen molar-refractivity contribution >= 4 is 46.1 Å². The molecule has 5 nitrogen and oxygen atoms in total. The number of carboxylic acids is 1. The molecule has 100 valence electrons. The molecule has 0 aliphatic carbocycles. The second-order valence-corrected chi connectivity index (χ2v) is 5.58. The molecule has 1 aromatic carbocycles. The number of amidine groups is 1. The number of aliphatic carboxylic acids is 1. The number of amides is 1. The minimum absolute atomic E-state index is 0.0177. The highest BCUT2D eigenvalue weighted by molar-refractivity contribution is 8.15. The summed E-state index contributed by atoms with van der Waals surface area (Å²) in [5, 5.41) is 9.19. The van der Waals surface area contributed by atoms with Crippen LogP contribution >= 0.6 is 23.4 Å². The summed E-state index contributed by atoms with van der Waals surface area (Å²) in [5.41, 5.74) is 0.623. The molecule has 1 aliphatic heterocycles. The lowest BCUT2D eigenvalue weighted by molar-refractivity contribution is -0.139. The average Bonchev–Trinajstić information content (AvgIpc) is 2.37. The van der Waals surface area contributed by atoms with Crippen LogP contribution in [0.25, 0.3) is 0 Å². The van der Waals surface area contributed by atoms with Crippen LogP contribution in [0.4, 0.5) is 5.69 Å². The van der Waals surface area contributed by atoms with Gasteiger partial charge < -0.3 is 5.11 Å². The van der Waals surface area contributed by atoms with Gasteiger partial charge in [-0.1, -0.05) is 23.4 Å². The normalized spacial score (nSPS) is 21.8. The number of rotatable bonds is 2. The number of nitrogens with zero attached hydrogens (tertiary/aromatic N) is 2. The fourth-order valence-electron chi connectivity index (χ4n) is 1.52. The largest absolute Gasteiger partial charge is 0.480 e. The molecular formula is C12H11ClN2O3S. The fourth-order valence-corrected chi connectivity index (χ4v) is 2.64. The molecule has 1 amide bonds. The number of carbonyl (C=O) groups excluding carboxylic acids is 1. The van der Waals surface area contributed by atoms with Crippen molar-refractivity contribution in [3.8, 4) is 0 Å². The highest BCUT2D eigenvalue weighted by atomic mass is 35.5. The van der Waals surface area contributed by atoms with Crippen LogP contribution in [0.1, 0.15) is 6.42 Å². The number of carboxylic acid groups (broad SMARTS) is 1. The van der Waals surface area contributed by atoms with Crippen molar-refractivity contribution in [3.05, 3.63) is 29.3 Å². The Labute approximate surface area is 119 Å². The molecule has 0 saturated carbocycles. The van der Waals surface area contributed by atoms with Crippen LogP contribution in [0, 0.1) is 0 Å². The topological polar surface area (TPSA) is 70.0 Å². The Morgan fingerprint density at radius 1 is 1.47 bits per heavy atom. The summed E-state index contributed by atoms with van der Waals surface area (Å²) < 4.78 is 0. The number of aliphatic imine (C=N–C) groups is 1. The third-order valence-electron chi connectivity index (χ3n) is 2.60. The van der Waals surface area contributed by atoms with Crippen LogP contribution in [0.2, 0.25) is 5.02 Å². The molecule has 1 saturated heterocycles. The molecule has 1 atom stereocenters. The molecule has 1 N–H and O–H groups in total. The van der Waals surface area contributed by atoms with Gasteiger partial charge in [0.15, 0.2) is 5.17 Å². The van der Waals surface area contributed by atoms with Crippen molar-refractivity contribution in [1.29, 1.82) is 0 Å². The number of carbonyl (C=O) groups is 2. The zero-order valence-electron chi connectivity index (χ0n) is 10.0. The predicted octanol–water partition coefficient (Wildman–Crippen LogP) is 2.38. The summed E-state index contributed by atoms with van der Waals surface area (Å²) in [5.74, 6) is -1.26. The first-order valence-corrected chi connectivity index (χ1v) is 6.73.